The van der Waals surface area contributed by atoms with Crippen LogP contribution in [0.4, 0.5) is 4.39 Å². The number of benzene rings is 3. The van der Waals surface area contributed by atoms with Crippen molar-refractivity contribution < 1.29 is 14.0 Å². The number of carbonyl (C=O) groups excluding carboxylic acids is 2. The van der Waals surface area contributed by atoms with E-state index in [-0.39, 0.29) is 36.6 Å². The molecule has 0 aliphatic heterocycles. The van der Waals surface area contributed by atoms with Gasteiger partial charge in [0.05, 0.1) is 6.42 Å². The van der Waals surface area contributed by atoms with E-state index in [2.05, 4.69) is 5.32 Å². The van der Waals surface area contributed by atoms with Gasteiger partial charge in [-0.25, -0.2) is 4.39 Å². The molecule has 0 saturated heterocycles. The zero-order valence-electron chi connectivity index (χ0n) is 19.4. The van der Waals surface area contributed by atoms with E-state index >= 15 is 0 Å². The smallest absolute Gasteiger partial charge is 0.243 e. The molecular weight excluding hydrogens is 415 g/mol. The molecule has 5 heteroatoms. The lowest BCUT2D eigenvalue weighted by Gasteiger charge is -2.32. The number of nitrogens with zero attached hydrogens (tertiary/aromatic N) is 1. The Morgan fingerprint density at radius 3 is 2.15 bits per heavy atom. The van der Waals surface area contributed by atoms with Crippen LogP contribution >= 0.6 is 0 Å². The summed E-state index contributed by atoms with van der Waals surface area (Å²) in [6, 6.07) is 22.7. The molecule has 0 heterocycles. The molecule has 0 bridgehead atoms. The first-order chi connectivity index (χ1) is 15.8. The standard InChI is InChI=1S/C28H31FN2O2/c1-20(2)30-28(33)26(17-22-10-5-4-6-11-22)31(19-23-13-15-25(29)16-14-23)27(32)18-24-12-8-7-9-21(24)3/h4-16,20,26H,17-19H2,1-3H3,(H,30,33)/t26-/m0/s1. The highest BCUT2D eigenvalue weighted by Gasteiger charge is 2.30. The second kappa shape index (κ2) is 11.4. The van der Waals surface area contributed by atoms with Crippen LogP contribution in [0.1, 0.15) is 36.1 Å². The van der Waals surface area contributed by atoms with E-state index in [4.69, 9.17) is 0 Å². The topological polar surface area (TPSA) is 49.4 Å². The number of nitrogens with one attached hydrogen (secondary N) is 1. The lowest BCUT2D eigenvalue weighted by atomic mass is 10.00. The summed E-state index contributed by atoms with van der Waals surface area (Å²) in [5.74, 6) is -0.683. The quantitative estimate of drug-likeness (QED) is 0.511. The highest BCUT2D eigenvalue weighted by molar-refractivity contribution is 5.89. The van der Waals surface area contributed by atoms with Crippen LogP contribution in [0.5, 0.6) is 0 Å². The van der Waals surface area contributed by atoms with Crippen LogP contribution in [0.3, 0.4) is 0 Å². The van der Waals surface area contributed by atoms with Crippen molar-refractivity contribution in [2.75, 3.05) is 0 Å². The maximum Gasteiger partial charge on any atom is 0.243 e. The van der Waals surface area contributed by atoms with E-state index in [9.17, 15) is 14.0 Å². The molecule has 0 aliphatic carbocycles. The van der Waals surface area contributed by atoms with Crippen LogP contribution in [0.2, 0.25) is 0 Å². The van der Waals surface area contributed by atoms with Gasteiger partial charge in [0.2, 0.25) is 11.8 Å². The van der Waals surface area contributed by atoms with Gasteiger partial charge in [-0.05, 0) is 55.2 Å². The van der Waals surface area contributed by atoms with E-state index in [1.165, 1.54) is 12.1 Å². The predicted molar refractivity (Wildman–Crippen MR) is 129 cm³/mol. The molecule has 0 saturated carbocycles. The van der Waals surface area contributed by atoms with Gasteiger partial charge >= 0.3 is 0 Å². The fourth-order valence-electron chi connectivity index (χ4n) is 3.79. The monoisotopic (exact) mass is 446 g/mol. The average molecular weight is 447 g/mol. The first-order valence-electron chi connectivity index (χ1n) is 11.3. The molecule has 3 rings (SSSR count). The van der Waals surface area contributed by atoms with Gasteiger partial charge in [0.15, 0.2) is 0 Å². The van der Waals surface area contributed by atoms with Gasteiger partial charge in [-0.15, -0.1) is 0 Å². The van der Waals surface area contributed by atoms with Crippen molar-refractivity contribution in [3.63, 3.8) is 0 Å². The number of hydrogen-bond acceptors (Lipinski definition) is 2. The number of carbonyl (C=O) groups is 2. The molecule has 0 spiro atoms. The zero-order valence-corrected chi connectivity index (χ0v) is 19.4. The molecule has 0 unspecified atom stereocenters. The Morgan fingerprint density at radius 2 is 1.52 bits per heavy atom. The van der Waals surface area contributed by atoms with Crippen molar-refractivity contribution in [3.8, 4) is 0 Å². The van der Waals surface area contributed by atoms with Gasteiger partial charge in [-0.1, -0.05) is 66.7 Å². The lowest BCUT2D eigenvalue weighted by molar-refractivity contribution is -0.141. The Balaban J connectivity index is 1.97. The third kappa shape index (κ3) is 7.01. The molecule has 3 aromatic rings. The molecule has 0 aromatic heterocycles. The third-order valence-corrected chi connectivity index (χ3v) is 5.57. The van der Waals surface area contributed by atoms with Gasteiger partial charge in [-0.3, -0.25) is 9.59 Å². The van der Waals surface area contributed by atoms with Gasteiger partial charge in [-0.2, -0.15) is 0 Å². The predicted octanol–water partition coefficient (Wildman–Crippen LogP) is 4.84. The first-order valence-corrected chi connectivity index (χ1v) is 11.3. The van der Waals surface area contributed by atoms with Crippen molar-refractivity contribution in [1.29, 1.82) is 0 Å². The highest BCUT2D eigenvalue weighted by atomic mass is 19.1. The van der Waals surface area contributed by atoms with Crippen LogP contribution in [0, 0.1) is 12.7 Å². The van der Waals surface area contributed by atoms with E-state index in [0.717, 1.165) is 22.3 Å². The van der Waals surface area contributed by atoms with Crippen molar-refractivity contribution in [2.24, 2.45) is 0 Å². The molecule has 33 heavy (non-hydrogen) atoms. The fourth-order valence-corrected chi connectivity index (χ4v) is 3.79. The normalized spacial score (nSPS) is 11.8. The summed E-state index contributed by atoms with van der Waals surface area (Å²) in [4.78, 5) is 28.6. The maximum atomic E-state index is 13.6. The van der Waals surface area contributed by atoms with Crippen molar-refractivity contribution in [2.45, 2.75) is 52.2 Å². The molecule has 3 aromatic carbocycles. The van der Waals surface area contributed by atoms with E-state index in [1.54, 1.807) is 17.0 Å². The number of amides is 2. The minimum atomic E-state index is -0.698. The Morgan fingerprint density at radius 1 is 0.879 bits per heavy atom. The van der Waals surface area contributed by atoms with Gasteiger partial charge in [0.1, 0.15) is 11.9 Å². The van der Waals surface area contributed by atoms with Crippen LogP contribution in [0.25, 0.3) is 0 Å². The number of halogens is 1. The SMILES string of the molecule is Cc1ccccc1CC(=O)N(Cc1ccc(F)cc1)[C@@H](Cc1ccccc1)C(=O)NC(C)C. The summed E-state index contributed by atoms with van der Waals surface area (Å²) in [6.45, 7) is 5.99. The average Bonchev–Trinajstić information content (AvgIpc) is 2.79. The largest absolute Gasteiger partial charge is 0.352 e. The van der Waals surface area contributed by atoms with Gasteiger partial charge in [0, 0.05) is 19.0 Å². The second-order valence-corrected chi connectivity index (χ2v) is 8.62. The van der Waals surface area contributed by atoms with Crippen molar-refractivity contribution >= 4 is 11.8 Å². The molecule has 4 nitrogen and oxygen atoms in total. The fraction of sp³-hybridized carbons (Fsp3) is 0.286. The second-order valence-electron chi connectivity index (χ2n) is 8.62. The molecule has 172 valence electrons. The maximum absolute atomic E-state index is 13.6. The number of rotatable bonds is 9. The Kier molecular flexibility index (Phi) is 8.36. The van der Waals surface area contributed by atoms with E-state index in [0.29, 0.717) is 6.42 Å². The molecule has 1 atom stereocenters. The van der Waals surface area contributed by atoms with Crippen LogP contribution in [-0.2, 0) is 29.0 Å². The van der Waals surface area contributed by atoms with E-state index in [1.807, 2.05) is 75.4 Å². The minimum absolute atomic E-state index is 0.0603. The Bertz CT molecular complexity index is 1060. The molecule has 0 aliphatic rings. The number of aryl methyl sites for hydroxylation is 1. The molecule has 2 amide bonds. The lowest BCUT2D eigenvalue weighted by Crippen LogP contribution is -2.52. The molecule has 1 N–H and O–H groups in total. The Labute approximate surface area is 195 Å². The summed E-state index contributed by atoms with van der Waals surface area (Å²) >= 11 is 0. The summed E-state index contributed by atoms with van der Waals surface area (Å²) in [6.07, 6.45) is 0.578. The van der Waals surface area contributed by atoms with Crippen molar-refractivity contribution in [1.82, 2.24) is 10.2 Å². The first kappa shape index (κ1) is 24.2. The van der Waals surface area contributed by atoms with Gasteiger partial charge < -0.3 is 10.2 Å². The van der Waals surface area contributed by atoms with Crippen LogP contribution in [0.15, 0.2) is 78.9 Å². The molecular formula is C28H31FN2O2. The highest BCUT2D eigenvalue weighted by Crippen LogP contribution is 2.18. The summed E-state index contributed by atoms with van der Waals surface area (Å²) < 4.78 is 13.5. The zero-order chi connectivity index (χ0) is 23.8. The minimum Gasteiger partial charge on any atom is -0.352 e. The van der Waals surface area contributed by atoms with E-state index < -0.39 is 6.04 Å². The molecule has 0 fully saturated rings. The Hall–Kier alpha value is -3.47. The number of hydrogen-bond donors (Lipinski definition) is 1. The summed E-state index contributed by atoms with van der Waals surface area (Å²) in [7, 11) is 0. The van der Waals surface area contributed by atoms with Gasteiger partial charge in [0.25, 0.3) is 0 Å². The summed E-state index contributed by atoms with van der Waals surface area (Å²) in [5, 5.41) is 2.98. The third-order valence-electron chi connectivity index (χ3n) is 5.57. The molecule has 0 radical (unpaired) electrons. The summed E-state index contributed by atoms with van der Waals surface area (Å²) in [5.41, 5.74) is 3.69. The van der Waals surface area contributed by atoms with Crippen LogP contribution < -0.4 is 5.32 Å². The van der Waals surface area contributed by atoms with Crippen molar-refractivity contribution in [3.05, 3.63) is 107 Å². The van der Waals surface area contributed by atoms with Crippen LogP contribution in [-0.4, -0.2) is 28.8 Å².